The van der Waals surface area contributed by atoms with Gasteiger partial charge in [-0.25, -0.2) is 9.18 Å². The number of alkyl halides is 3. The van der Waals surface area contributed by atoms with Crippen LogP contribution in [0, 0.1) is 5.82 Å². The van der Waals surface area contributed by atoms with Crippen LogP contribution in [0.1, 0.15) is 64.9 Å². The summed E-state index contributed by atoms with van der Waals surface area (Å²) < 4.78 is 59.7. The summed E-state index contributed by atoms with van der Waals surface area (Å²) in [6.45, 7) is 2.12. The third kappa shape index (κ3) is 6.68. The number of benzene rings is 4. The van der Waals surface area contributed by atoms with Crippen LogP contribution in [0.2, 0.25) is 0 Å². The molecule has 0 N–H and O–H groups in total. The Kier molecular flexibility index (Phi) is 8.62. The normalized spacial score (nSPS) is 12.2. The minimum absolute atomic E-state index is 0.248. The Bertz CT molecular complexity index is 1350. The van der Waals surface area contributed by atoms with Crippen molar-refractivity contribution in [2.75, 3.05) is 0 Å². The van der Waals surface area contributed by atoms with Crippen LogP contribution in [0.4, 0.5) is 17.6 Å². The average Bonchev–Trinajstić information content (AvgIpc) is 2.92. The number of unbranched alkanes of at least 4 members (excludes halogenated alkanes) is 2. The fourth-order valence-corrected chi connectivity index (χ4v) is 4.29. The maximum absolute atomic E-state index is 14.8. The maximum atomic E-state index is 14.8. The van der Waals surface area contributed by atoms with Crippen molar-refractivity contribution < 1.29 is 27.1 Å². The molecular weight excluding hydrogens is 492 g/mol. The predicted octanol–water partition coefficient (Wildman–Crippen LogP) is 9.19. The Morgan fingerprint density at radius 2 is 1.47 bits per heavy atom. The van der Waals surface area contributed by atoms with Gasteiger partial charge in [0, 0.05) is 5.56 Å². The van der Waals surface area contributed by atoms with Crippen LogP contribution in [0.3, 0.4) is 0 Å². The highest BCUT2D eigenvalue weighted by atomic mass is 19.4. The van der Waals surface area contributed by atoms with Gasteiger partial charge in [-0.2, -0.15) is 13.2 Å². The summed E-state index contributed by atoms with van der Waals surface area (Å²) in [5.74, 6) is -0.960. The van der Waals surface area contributed by atoms with Crippen molar-refractivity contribution in [2.45, 2.75) is 44.9 Å². The zero-order chi connectivity index (χ0) is 27.1. The molecule has 0 fully saturated rings. The molecule has 0 heterocycles. The van der Waals surface area contributed by atoms with Gasteiger partial charge >= 0.3 is 12.1 Å². The van der Waals surface area contributed by atoms with Gasteiger partial charge in [0.15, 0.2) is 6.10 Å². The van der Waals surface area contributed by atoms with E-state index in [1.807, 2.05) is 6.07 Å². The van der Waals surface area contributed by atoms with E-state index < -0.39 is 23.8 Å². The molecule has 0 radical (unpaired) electrons. The Hall–Kier alpha value is -3.93. The molecule has 0 aliphatic rings. The van der Waals surface area contributed by atoms with E-state index in [9.17, 15) is 22.4 Å². The number of rotatable bonds is 9. The van der Waals surface area contributed by atoms with Gasteiger partial charge in [-0.05, 0) is 65.4 Å². The van der Waals surface area contributed by atoms with Crippen LogP contribution in [-0.2, 0) is 17.3 Å². The summed E-state index contributed by atoms with van der Waals surface area (Å²) in [5, 5.41) is 0. The molecule has 196 valence electrons. The number of hydrogen-bond acceptors (Lipinski definition) is 2. The smallest absolute Gasteiger partial charge is 0.416 e. The Morgan fingerprint density at radius 3 is 2.08 bits per heavy atom. The van der Waals surface area contributed by atoms with E-state index in [-0.39, 0.29) is 11.4 Å². The highest BCUT2D eigenvalue weighted by Crippen LogP contribution is 2.33. The van der Waals surface area contributed by atoms with Crippen molar-refractivity contribution in [1.29, 1.82) is 0 Å². The lowest BCUT2D eigenvalue weighted by Gasteiger charge is -2.20. The number of ether oxygens (including phenoxy) is 1. The molecule has 6 heteroatoms. The molecule has 0 saturated carbocycles. The molecule has 0 saturated heterocycles. The van der Waals surface area contributed by atoms with Gasteiger partial charge in [0.25, 0.3) is 0 Å². The Labute approximate surface area is 219 Å². The SMILES string of the molecule is CCCCCc1ccc(-c2ccc(C(=O)OC(c3ccccc3)c3ccc(C(F)(F)F)cc3)cc2)c(F)c1. The van der Waals surface area contributed by atoms with Crippen molar-refractivity contribution in [3.05, 3.63) is 131 Å². The summed E-state index contributed by atoms with van der Waals surface area (Å²) in [7, 11) is 0. The quantitative estimate of drug-likeness (QED) is 0.125. The van der Waals surface area contributed by atoms with E-state index in [0.29, 0.717) is 22.3 Å². The number of halogens is 4. The van der Waals surface area contributed by atoms with Gasteiger partial charge in [0.05, 0.1) is 11.1 Å². The zero-order valence-corrected chi connectivity index (χ0v) is 21.0. The molecular formula is C32H28F4O2. The van der Waals surface area contributed by atoms with E-state index in [1.54, 1.807) is 66.7 Å². The summed E-state index contributed by atoms with van der Waals surface area (Å²) in [6.07, 6.45) is -1.31. The van der Waals surface area contributed by atoms with E-state index in [0.717, 1.165) is 43.4 Å². The highest BCUT2D eigenvalue weighted by molar-refractivity contribution is 5.90. The monoisotopic (exact) mass is 520 g/mol. The molecule has 0 aromatic heterocycles. The number of carbonyl (C=O) groups is 1. The van der Waals surface area contributed by atoms with Crippen molar-refractivity contribution in [3.8, 4) is 11.1 Å². The van der Waals surface area contributed by atoms with Gasteiger partial charge in [-0.3, -0.25) is 0 Å². The largest absolute Gasteiger partial charge is 0.449 e. The van der Waals surface area contributed by atoms with Gasteiger partial charge < -0.3 is 4.74 Å². The van der Waals surface area contributed by atoms with Crippen LogP contribution in [0.15, 0.2) is 97.1 Å². The molecule has 0 spiro atoms. The maximum Gasteiger partial charge on any atom is 0.416 e. The molecule has 0 bridgehead atoms. The molecule has 4 rings (SSSR count). The Balaban J connectivity index is 1.53. The van der Waals surface area contributed by atoms with Gasteiger partial charge in [0.2, 0.25) is 0 Å². The van der Waals surface area contributed by atoms with Crippen molar-refractivity contribution >= 4 is 5.97 Å². The molecule has 1 atom stereocenters. The zero-order valence-electron chi connectivity index (χ0n) is 21.0. The topological polar surface area (TPSA) is 26.3 Å². The second-order valence-corrected chi connectivity index (χ2v) is 9.16. The van der Waals surface area contributed by atoms with Gasteiger partial charge in [-0.1, -0.05) is 86.5 Å². The standard InChI is InChI=1S/C32H28F4O2/c1-2-3-5-8-22-11-20-28(29(33)21-22)23-12-14-26(15-13-23)31(37)38-30(24-9-6-4-7-10-24)25-16-18-27(19-17-25)32(34,35)36/h4,6-7,9-21,30H,2-3,5,8H2,1H3. The van der Waals surface area contributed by atoms with Crippen molar-refractivity contribution in [3.63, 3.8) is 0 Å². The fraction of sp³-hybridized carbons (Fsp3) is 0.219. The van der Waals surface area contributed by atoms with Crippen LogP contribution in [-0.4, -0.2) is 5.97 Å². The first kappa shape index (κ1) is 27.1. The second kappa shape index (κ2) is 12.1. The summed E-state index contributed by atoms with van der Waals surface area (Å²) in [6, 6.07) is 25.0. The van der Waals surface area contributed by atoms with E-state index >= 15 is 0 Å². The molecule has 0 aliphatic carbocycles. The Morgan fingerprint density at radius 1 is 0.816 bits per heavy atom. The molecule has 4 aromatic rings. The molecule has 0 amide bonds. The first-order chi connectivity index (χ1) is 18.3. The summed E-state index contributed by atoms with van der Waals surface area (Å²) >= 11 is 0. The molecule has 4 aromatic carbocycles. The van der Waals surface area contributed by atoms with E-state index in [1.165, 1.54) is 12.1 Å². The first-order valence-electron chi connectivity index (χ1n) is 12.6. The lowest BCUT2D eigenvalue weighted by molar-refractivity contribution is -0.137. The van der Waals surface area contributed by atoms with Crippen LogP contribution < -0.4 is 0 Å². The average molecular weight is 521 g/mol. The predicted molar refractivity (Wildman–Crippen MR) is 140 cm³/mol. The van der Waals surface area contributed by atoms with Gasteiger partial charge in [0.1, 0.15) is 5.82 Å². The van der Waals surface area contributed by atoms with Gasteiger partial charge in [-0.15, -0.1) is 0 Å². The van der Waals surface area contributed by atoms with E-state index in [4.69, 9.17) is 4.74 Å². The molecule has 38 heavy (non-hydrogen) atoms. The molecule has 2 nitrogen and oxygen atoms in total. The van der Waals surface area contributed by atoms with Crippen LogP contribution >= 0.6 is 0 Å². The fourth-order valence-electron chi connectivity index (χ4n) is 4.29. The number of aryl methyl sites for hydroxylation is 1. The third-order valence-corrected chi connectivity index (χ3v) is 6.40. The summed E-state index contributed by atoms with van der Waals surface area (Å²) in [4.78, 5) is 13.0. The van der Waals surface area contributed by atoms with E-state index in [2.05, 4.69) is 6.92 Å². The van der Waals surface area contributed by atoms with Crippen molar-refractivity contribution in [2.24, 2.45) is 0 Å². The first-order valence-corrected chi connectivity index (χ1v) is 12.6. The molecule has 0 aliphatic heterocycles. The molecule has 1 unspecified atom stereocenters. The highest BCUT2D eigenvalue weighted by Gasteiger charge is 2.30. The number of hydrogen-bond donors (Lipinski definition) is 0. The summed E-state index contributed by atoms with van der Waals surface area (Å²) in [5.41, 5.74) is 2.52. The minimum atomic E-state index is -4.46. The number of esters is 1. The van der Waals surface area contributed by atoms with Crippen molar-refractivity contribution in [1.82, 2.24) is 0 Å². The number of carbonyl (C=O) groups excluding carboxylic acids is 1. The lowest BCUT2D eigenvalue weighted by atomic mass is 9.99. The third-order valence-electron chi connectivity index (χ3n) is 6.40. The minimum Gasteiger partial charge on any atom is -0.449 e. The second-order valence-electron chi connectivity index (χ2n) is 9.16. The van der Waals surface area contributed by atoms with Crippen LogP contribution in [0.5, 0.6) is 0 Å². The van der Waals surface area contributed by atoms with Crippen LogP contribution in [0.25, 0.3) is 11.1 Å². The lowest BCUT2D eigenvalue weighted by Crippen LogP contribution is -2.13.